The molecule has 0 bridgehead atoms. The number of aryl methyl sites for hydroxylation is 2. The smallest absolute Gasteiger partial charge is 0.123 e. The predicted octanol–water partition coefficient (Wildman–Crippen LogP) is 4.60. The van der Waals surface area contributed by atoms with Gasteiger partial charge in [0, 0.05) is 4.88 Å². The molecule has 0 fully saturated rings. The largest absolute Gasteiger partial charge is 0.488 e. The van der Waals surface area contributed by atoms with Gasteiger partial charge in [-0.2, -0.15) is 0 Å². The summed E-state index contributed by atoms with van der Waals surface area (Å²) in [7, 11) is 0. The van der Waals surface area contributed by atoms with E-state index in [1.807, 2.05) is 18.2 Å². The maximum atomic E-state index is 5.86. The van der Waals surface area contributed by atoms with Crippen LogP contribution in [0.25, 0.3) is 0 Å². The molecule has 0 saturated heterocycles. The fraction of sp³-hybridized carbons (Fsp3) is 0.231. The van der Waals surface area contributed by atoms with Gasteiger partial charge < -0.3 is 4.74 Å². The molecule has 2 aromatic rings. The van der Waals surface area contributed by atoms with Crippen LogP contribution in [0.15, 0.2) is 30.3 Å². The molecule has 1 nitrogen and oxygen atoms in total. The van der Waals surface area contributed by atoms with Crippen LogP contribution in [0, 0.1) is 13.8 Å². The van der Waals surface area contributed by atoms with Crippen LogP contribution in [-0.4, -0.2) is 0 Å². The molecule has 0 unspecified atom stereocenters. The highest BCUT2D eigenvalue weighted by Crippen LogP contribution is 2.24. The van der Waals surface area contributed by atoms with E-state index in [0.717, 1.165) is 15.0 Å². The van der Waals surface area contributed by atoms with Gasteiger partial charge in [-0.25, -0.2) is 0 Å². The third kappa shape index (κ3) is 2.77. The van der Waals surface area contributed by atoms with Crippen molar-refractivity contribution in [2.75, 3.05) is 0 Å². The highest BCUT2D eigenvalue weighted by Gasteiger charge is 2.02. The second kappa shape index (κ2) is 4.89. The summed E-state index contributed by atoms with van der Waals surface area (Å²) in [6, 6.07) is 10.1. The van der Waals surface area contributed by atoms with E-state index in [1.54, 1.807) is 11.3 Å². The summed E-state index contributed by atoms with van der Waals surface area (Å²) in [5, 5.41) is 0. The van der Waals surface area contributed by atoms with Crippen LogP contribution in [0.1, 0.15) is 16.0 Å². The predicted molar refractivity (Wildman–Crippen MR) is 69.6 cm³/mol. The minimum atomic E-state index is 0.585. The molecule has 0 aliphatic rings. The van der Waals surface area contributed by atoms with Gasteiger partial charge >= 0.3 is 0 Å². The molecule has 0 atom stereocenters. The van der Waals surface area contributed by atoms with Gasteiger partial charge in [-0.3, -0.25) is 0 Å². The van der Waals surface area contributed by atoms with E-state index in [-0.39, 0.29) is 0 Å². The summed E-state index contributed by atoms with van der Waals surface area (Å²) in [6.07, 6.45) is 0. The second-order valence-electron chi connectivity index (χ2n) is 3.76. The van der Waals surface area contributed by atoms with Gasteiger partial charge in [0.05, 0.1) is 4.34 Å². The molecule has 0 radical (unpaired) electrons. The molecular weight excluding hydrogens is 240 g/mol. The van der Waals surface area contributed by atoms with Crippen molar-refractivity contribution < 1.29 is 4.74 Å². The number of thiophene rings is 1. The fourth-order valence-corrected chi connectivity index (χ4v) is 2.54. The number of benzene rings is 1. The van der Waals surface area contributed by atoms with Crippen LogP contribution in [-0.2, 0) is 6.61 Å². The van der Waals surface area contributed by atoms with Crippen molar-refractivity contribution in [3.05, 3.63) is 50.7 Å². The van der Waals surface area contributed by atoms with Gasteiger partial charge in [-0.05, 0) is 37.6 Å². The van der Waals surface area contributed by atoms with Crippen molar-refractivity contribution in [1.29, 1.82) is 0 Å². The molecule has 84 valence electrons. The van der Waals surface area contributed by atoms with Crippen molar-refractivity contribution >= 4 is 22.9 Å². The highest BCUT2D eigenvalue weighted by molar-refractivity contribution is 7.16. The Morgan fingerprint density at radius 3 is 2.62 bits per heavy atom. The molecule has 2 rings (SSSR count). The lowest BCUT2D eigenvalue weighted by molar-refractivity contribution is 0.307. The van der Waals surface area contributed by atoms with Crippen LogP contribution in [0.2, 0.25) is 4.34 Å². The normalized spacial score (nSPS) is 10.4. The number of hydrogen-bond donors (Lipinski definition) is 0. The average molecular weight is 253 g/mol. The Morgan fingerprint density at radius 2 is 2.00 bits per heavy atom. The molecule has 16 heavy (non-hydrogen) atoms. The van der Waals surface area contributed by atoms with E-state index < -0.39 is 0 Å². The topological polar surface area (TPSA) is 9.23 Å². The lowest BCUT2D eigenvalue weighted by Gasteiger charge is -2.08. The quantitative estimate of drug-likeness (QED) is 0.776. The first-order valence-electron chi connectivity index (χ1n) is 5.09. The molecule has 0 N–H and O–H groups in total. The maximum Gasteiger partial charge on any atom is 0.123 e. The van der Waals surface area contributed by atoms with E-state index in [0.29, 0.717) is 6.61 Å². The number of halogens is 1. The first kappa shape index (κ1) is 11.5. The summed E-state index contributed by atoms with van der Waals surface area (Å²) < 4.78 is 6.55. The number of hydrogen-bond acceptors (Lipinski definition) is 2. The minimum absolute atomic E-state index is 0.585. The van der Waals surface area contributed by atoms with Gasteiger partial charge in [-0.1, -0.05) is 29.3 Å². The van der Waals surface area contributed by atoms with Crippen LogP contribution in [0.5, 0.6) is 5.75 Å². The van der Waals surface area contributed by atoms with Crippen molar-refractivity contribution in [3.8, 4) is 5.75 Å². The molecule has 1 aromatic heterocycles. The zero-order valence-electron chi connectivity index (χ0n) is 9.29. The molecule has 0 amide bonds. The van der Waals surface area contributed by atoms with Crippen molar-refractivity contribution in [2.24, 2.45) is 0 Å². The third-order valence-corrected chi connectivity index (χ3v) is 3.53. The van der Waals surface area contributed by atoms with Crippen molar-refractivity contribution in [3.63, 3.8) is 0 Å². The first-order chi connectivity index (χ1) is 7.65. The zero-order valence-corrected chi connectivity index (χ0v) is 10.9. The molecule has 0 saturated carbocycles. The highest BCUT2D eigenvalue weighted by atomic mass is 35.5. The van der Waals surface area contributed by atoms with Gasteiger partial charge in [0.15, 0.2) is 0 Å². The molecular formula is C13H13ClOS. The van der Waals surface area contributed by atoms with Crippen LogP contribution in [0.3, 0.4) is 0 Å². The Bertz CT molecular complexity index is 490. The van der Waals surface area contributed by atoms with Crippen LogP contribution in [0.4, 0.5) is 0 Å². The maximum absolute atomic E-state index is 5.86. The summed E-state index contributed by atoms with van der Waals surface area (Å²) in [5.74, 6) is 0.940. The first-order valence-corrected chi connectivity index (χ1v) is 6.29. The lowest BCUT2D eigenvalue weighted by Crippen LogP contribution is -1.94. The van der Waals surface area contributed by atoms with E-state index in [1.165, 1.54) is 11.1 Å². The Hall–Kier alpha value is -0.990. The minimum Gasteiger partial charge on any atom is -0.488 e. The molecule has 0 aliphatic carbocycles. The Kier molecular flexibility index (Phi) is 3.52. The summed E-state index contributed by atoms with van der Waals surface area (Å²) in [6.45, 7) is 4.72. The number of rotatable bonds is 3. The van der Waals surface area contributed by atoms with Crippen LogP contribution < -0.4 is 4.74 Å². The van der Waals surface area contributed by atoms with Crippen LogP contribution >= 0.6 is 22.9 Å². The van der Waals surface area contributed by atoms with E-state index in [9.17, 15) is 0 Å². The van der Waals surface area contributed by atoms with E-state index in [2.05, 4.69) is 26.0 Å². The van der Waals surface area contributed by atoms with Gasteiger partial charge in [0.1, 0.15) is 12.4 Å². The molecule has 3 heteroatoms. The molecule has 1 heterocycles. The van der Waals surface area contributed by atoms with E-state index >= 15 is 0 Å². The monoisotopic (exact) mass is 252 g/mol. The number of ether oxygens (including phenoxy) is 1. The summed E-state index contributed by atoms with van der Waals surface area (Å²) in [4.78, 5) is 1.14. The summed E-state index contributed by atoms with van der Waals surface area (Å²) >= 11 is 7.41. The van der Waals surface area contributed by atoms with Crippen molar-refractivity contribution in [1.82, 2.24) is 0 Å². The SMILES string of the molecule is Cc1ccc(OCc2ccc(Cl)s2)c(C)c1. The Labute approximate surface area is 105 Å². The Balaban J connectivity index is 2.04. The Morgan fingerprint density at radius 1 is 1.19 bits per heavy atom. The van der Waals surface area contributed by atoms with Crippen molar-refractivity contribution in [2.45, 2.75) is 20.5 Å². The van der Waals surface area contributed by atoms with Gasteiger partial charge in [-0.15, -0.1) is 11.3 Å². The lowest BCUT2D eigenvalue weighted by atomic mass is 10.1. The molecule has 1 aromatic carbocycles. The molecule has 0 spiro atoms. The molecule has 0 aliphatic heterocycles. The standard InChI is InChI=1S/C13H13ClOS/c1-9-3-5-12(10(2)7-9)15-8-11-4-6-13(14)16-11/h3-7H,8H2,1-2H3. The van der Waals surface area contributed by atoms with Gasteiger partial charge in [0.2, 0.25) is 0 Å². The third-order valence-electron chi connectivity index (χ3n) is 2.33. The van der Waals surface area contributed by atoms with E-state index in [4.69, 9.17) is 16.3 Å². The zero-order chi connectivity index (χ0) is 11.5. The fourth-order valence-electron chi connectivity index (χ4n) is 1.54. The average Bonchev–Trinajstić information content (AvgIpc) is 2.63. The second-order valence-corrected chi connectivity index (χ2v) is 5.56. The summed E-state index contributed by atoms with van der Waals surface area (Å²) in [5.41, 5.74) is 2.42. The van der Waals surface area contributed by atoms with Gasteiger partial charge in [0.25, 0.3) is 0 Å².